The van der Waals surface area contributed by atoms with E-state index < -0.39 is 10.8 Å². The van der Waals surface area contributed by atoms with Gasteiger partial charge in [0.1, 0.15) is 0 Å². The Kier molecular flexibility index (Phi) is 4.81. The molecule has 0 fully saturated rings. The van der Waals surface area contributed by atoms with Gasteiger partial charge in [0.2, 0.25) is 5.95 Å². The van der Waals surface area contributed by atoms with Gasteiger partial charge in [0.05, 0.1) is 10.5 Å². The molecule has 0 atom stereocenters. The predicted molar refractivity (Wildman–Crippen MR) is 85.4 cm³/mol. The monoisotopic (exact) mass is 320 g/mol. The lowest BCUT2D eigenvalue weighted by Crippen LogP contribution is -2.14. The molecule has 0 bridgehead atoms. The summed E-state index contributed by atoms with van der Waals surface area (Å²) in [4.78, 5) is 30.4. The number of non-ortho nitro benzene ring substituents is 1. The van der Waals surface area contributed by atoms with Gasteiger partial charge in [-0.05, 0) is 13.0 Å². The summed E-state index contributed by atoms with van der Waals surface area (Å²) in [7, 11) is 0. The number of aryl methyl sites for hydroxylation is 1. The molecule has 1 aromatic carbocycles. The van der Waals surface area contributed by atoms with Crippen molar-refractivity contribution >= 4 is 29.3 Å². The van der Waals surface area contributed by atoms with E-state index in [1.807, 2.05) is 20.8 Å². The molecule has 1 heterocycles. The van der Waals surface area contributed by atoms with Crippen molar-refractivity contribution in [2.75, 3.05) is 5.32 Å². The number of carbonyl (C=O) groups excluding carboxylic acids is 1. The number of nitro groups is 1. The van der Waals surface area contributed by atoms with Crippen LogP contribution in [-0.4, -0.2) is 26.0 Å². The molecule has 0 saturated carbocycles. The van der Waals surface area contributed by atoms with Gasteiger partial charge >= 0.3 is 0 Å². The number of benzene rings is 1. The molecule has 2 N–H and O–H groups in total. The second-order valence-corrected chi connectivity index (χ2v) is 6.59. The zero-order valence-corrected chi connectivity index (χ0v) is 13.2. The molecule has 7 nitrogen and oxygen atoms in total. The van der Waals surface area contributed by atoms with Crippen LogP contribution >= 0.6 is 11.8 Å². The van der Waals surface area contributed by atoms with Crippen molar-refractivity contribution < 1.29 is 9.72 Å². The number of nitrogens with one attached hydrogen (secondary N) is 2. The van der Waals surface area contributed by atoms with Gasteiger partial charge in [-0.15, -0.1) is 11.8 Å². The number of aromatic nitrogens is 2. The zero-order chi connectivity index (χ0) is 16.3. The maximum Gasteiger partial charge on any atom is 0.270 e. The summed E-state index contributed by atoms with van der Waals surface area (Å²) >= 11 is 1.48. The Labute approximate surface area is 131 Å². The Morgan fingerprint density at radius 2 is 2.18 bits per heavy atom. The average molecular weight is 320 g/mol. The summed E-state index contributed by atoms with van der Waals surface area (Å²) in [6.45, 7) is 5.80. The lowest BCUT2D eigenvalue weighted by atomic mass is 10.2. The molecule has 0 saturated heterocycles. The molecule has 0 aliphatic rings. The number of amides is 1. The van der Waals surface area contributed by atoms with Crippen LogP contribution in [0, 0.1) is 17.0 Å². The number of carbonyl (C=O) groups is 1. The van der Waals surface area contributed by atoms with E-state index in [1.165, 1.54) is 23.9 Å². The maximum absolute atomic E-state index is 12.4. The van der Waals surface area contributed by atoms with Gasteiger partial charge in [0.15, 0.2) is 0 Å². The van der Waals surface area contributed by atoms with Gasteiger partial charge in [-0.2, -0.15) is 0 Å². The topological polar surface area (TPSA) is 101 Å². The fraction of sp³-hybridized carbons (Fsp3) is 0.286. The van der Waals surface area contributed by atoms with Crippen LogP contribution < -0.4 is 5.32 Å². The predicted octanol–water partition coefficient (Wildman–Crippen LogP) is 3.38. The van der Waals surface area contributed by atoms with Crippen LogP contribution in [0.15, 0.2) is 29.3 Å². The number of imidazole rings is 1. The van der Waals surface area contributed by atoms with E-state index in [9.17, 15) is 14.9 Å². The summed E-state index contributed by atoms with van der Waals surface area (Å²) in [5, 5.41) is 13.8. The number of anilines is 1. The molecule has 0 unspecified atom stereocenters. The highest BCUT2D eigenvalue weighted by Gasteiger charge is 2.18. The highest BCUT2D eigenvalue weighted by molar-refractivity contribution is 8.00. The van der Waals surface area contributed by atoms with Gasteiger partial charge in [-0.25, -0.2) is 4.98 Å². The van der Waals surface area contributed by atoms with Crippen molar-refractivity contribution in [2.45, 2.75) is 30.9 Å². The van der Waals surface area contributed by atoms with Gasteiger partial charge in [0, 0.05) is 34.2 Å². The minimum atomic E-state index is -0.516. The molecule has 0 aliphatic heterocycles. The van der Waals surface area contributed by atoms with E-state index in [1.54, 1.807) is 12.3 Å². The van der Waals surface area contributed by atoms with Crippen molar-refractivity contribution in [3.05, 3.63) is 45.8 Å². The normalized spacial score (nSPS) is 10.7. The zero-order valence-electron chi connectivity index (χ0n) is 12.4. The van der Waals surface area contributed by atoms with E-state index in [-0.39, 0.29) is 16.5 Å². The van der Waals surface area contributed by atoms with Crippen molar-refractivity contribution in [3.8, 4) is 0 Å². The third-order valence-corrected chi connectivity index (χ3v) is 3.80. The number of thioether (sulfide) groups is 1. The summed E-state index contributed by atoms with van der Waals surface area (Å²) < 4.78 is 0. The van der Waals surface area contributed by atoms with Crippen molar-refractivity contribution in [1.82, 2.24) is 9.97 Å². The summed E-state index contributed by atoms with van der Waals surface area (Å²) in [5.41, 5.74) is 0.960. The number of hydrogen-bond acceptors (Lipinski definition) is 5. The second kappa shape index (κ2) is 6.61. The van der Waals surface area contributed by atoms with E-state index in [4.69, 9.17) is 0 Å². The van der Waals surface area contributed by atoms with Crippen LogP contribution in [-0.2, 0) is 0 Å². The molecular formula is C14H16N4O3S. The van der Waals surface area contributed by atoms with Crippen molar-refractivity contribution in [2.24, 2.45) is 0 Å². The standard InChI is InChI=1S/C14H16N4O3S/c1-8(2)22-12-5-4-10(18(20)21)6-11(12)13(19)17-14-15-7-9(3)16-14/h4-8H,1-3H3,(H2,15,16,17,19). The molecule has 1 amide bonds. The fourth-order valence-corrected chi connectivity index (χ4v) is 2.75. The summed E-state index contributed by atoms with van der Waals surface area (Å²) in [5.74, 6) is -0.115. The van der Waals surface area contributed by atoms with Crippen LogP contribution in [0.3, 0.4) is 0 Å². The third-order valence-electron chi connectivity index (χ3n) is 2.72. The Morgan fingerprint density at radius 1 is 1.45 bits per heavy atom. The first-order valence-electron chi connectivity index (χ1n) is 6.65. The minimum absolute atomic E-state index is 0.117. The summed E-state index contributed by atoms with van der Waals surface area (Å²) in [6, 6.07) is 4.29. The lowest BCUT2D eigenvalue weighted by molar-refractivity contribution is -0.384. The molecule has 0 aliphatic carbocycles. The van der Waals surface area contributed by atoms with Gasteiger partial charge < -0.3 is 4.98 Å². The molecule has 0 spiro atoms. The molecular weight excluding hydrogens is 304 g/mol. The van der Waals surface area contributed by atoms with Gasteiger partial charge in [0.25, 0.3) is 11.6 Å². The first-order valence-corrected chi connectivity index (χ1v) is 7.53. The first kappa shape index (κ1) is 16.0. The largest absolute Gasteiger partial charge is 0.328 e. The Hall–Kier alpha value is -2.35. The molecule has 8 heteroatoms. The molecule has 2 rings (SSSR count). The number of H-pyrrole nitrogens is 1. The first-order chi connectivity index (χ1) is 10.4. The average Bonchev–Trinajstić information content (AvgIpc) is 2.83. The van der Waals surface area contributed by atoms with Crippen molar-refractivity contribution in [1.29, 1.82) is 0 Å². The molecule has 0 radical (unpaired) electrons. The lowest BCUT2D eigenvalue weighted by Gasteiger charge is -2.10. The van der Waals surface area contributed by atoms with Gasteiger partial charge in [-0.1, -0.05) is 13.8 Å². The number of nitrogens with zero attached hydrogens (tertiary/aromatic N) is 2. The Morgan fingerprint density at radius 3 is 2.73 bits per heavy atom. The van der Waals surface area contributed by atoms with Crippen LogP contribution in [0.2, 0.25) is 0 Å². The third kappa shape index (κ3) is 3.85. The van der Waals surface area contributed by atoms with Crippen LogP contribution in [0.1, 0.15) is 29.9 Å². The van der Waals surface area contributed by atoms with Gasteiger partial charge in [-0.3, -0.25) is 20.2 Å². The van der Waals surface area contributed by atoms with Crippen LogP contribution in [0.25, 0.3) is 0 Å². The number of hydrogen-bond donors (Lipinski definition) is 2. The van der Waals surface area contributed by atoms with Crippen molar-refractivity contribution in [3.63, 3.8) is 0 Å². The molecule has 22 heavy (non-hydrogen) atoms. The minimum Gasteiger partial charge on any atom is -0.328 e. The Bertz CT molecular complexity index is 712. The van der Waals surface area contributed by atoms with Crippen LogP contribution in [0.4, 0.5) is 11.6 Å². The van der Waals surface area contributed by atoms with E-state index in [0.29, 0.717) is 10.8 Å². The van der Waals surface area contributed by atoms with E-state index >= 15 is 0 Å². The fourth-order valence-electron chi connectivity index (χ4n) is 1.82. The molecule has 116 valence electrons. The highest BCUT2D eigenvalue weighted by Crippen LogP contribution is 2.30. The van der Waals surface area contributed by atoms with E-state index in [0.717, 1.165) is 5.69 Å². The maximum atomic E-state index is 12.4. The SMILES string of the molecule is Cc1cnc(NC(=O)c2cc([N+](=O)[O-])ccc2SC(C)C)[nH]1. The Balaban J connectivity index is 2.34. The molecule has 1 aromatic heterocycles. The number of rotatable bonds is 5. The van der Waals surface area contributed by atoms with E-state index in [2.05, 4.69) is 15.3 Å². The van der Waals surface area contributed by atoms with Crippen LogP contribution in [0.5, 0.6) is 0 Å². The summed E-state index contributed by atoms with van der Waals surface area (Å²) in [6.07, 6.45) is 1.59. The smallest absolute Gasteiger partial charge is 0.270 e. The number of aromatic amines is 1. The quantitative estimate of drug-likeness (QED) is 0.499. The molecule has 2 aromatic rings. The second-order valence-electron chi connectivity index (χ2n) is 4.97. The number of nitro benzene ring substituents is 1. The highest BCUT2D eigenvalue weighted by atomic mass is 32.2.